The van der Waals surface area contributed by atoms with Crippen molar-refractivity contribution in [2.45, 2.75) is 34.1 Å². The van der Waals surface area contributed by atoms with E-state index in [9.17, 15) is 9.59 Å². The van der Waals surface area contributed by atoms with Gasteiger partial charge in [0, 0.05) is 6.42 Å². The predicted molar refractivity (Wildman–Crippen MR) is 65.1 cm³/mol. The number of rotatable bonds is 3. The van der Waals surface area contributed by atoms with Gasteiger partial charge in [-0.05, 0) is 42.1 Å². The van der Waals surface area contributed by atoms with E-state index in [1.165, 1.54) is 6.08 Å². The molecule has 86 valence electrons. The molecule has 2 heteroatoms. The Morgan fingerprint density at radius 1 is 1.38 bits per heavy atom. The molecule has 0 N–H and O–H groups in total. The number of ketones is 1. The fourth-order valence-electron chi connectivity index (χ4n) is 2.02. The van der Waals surface area contributed by atoms with E-state index in [4.69, 9.17) is 0 Å². The van der Waals surface area contributed by atoms with E-state index in [1.807, 2.05) is 26.0 Å². The summed E-state index contributed by atoms with van der Waals surface area (Å²) >= 11 is 0. The predicted octanol–water partition coefficient (Wildman–Crippen LogP) is 3.00. The zero-order chi connectivity index (χ0) is 12.3. The maximum Gasteiger partial charge on any atom is 0.159 e. The molecule has 0 saturated heterocycles. The first-order chi connectivity index (χ1) is 7.38. The lowest BCUT2D eigenvalue weighted by Gasteiger charge is -2.19. The number of aldehydes is 1. The summed E-state index contributed by atoms with van der Waals surface area (Å²) in [6.07, 6.45) is 6.69. The van der Waals surface area contributed by atoms with Gasteiger partial charge in [-0.15, -0.1) is 0 Å². The van der Waals surface area contributed by atoms with Crippen LogP contribution in [0.3, 0.4) is 0 Å². The second-order valence-corrected chi connectivity index (χ2v) is 4.90. The van der Waals surface area contributed by atoms with Crippen LogP contribution in [0.5, 0.6) is 0 Å². The summed E-state index contributed by atoms with van der Waals surface area (Å²) in [5.74, 6) is 0.224. The van der Waals surface area contributed by atoms with Crippen molar-refractivity contribution in [2.24, 2.45) is 5.41 Å². The summed E-state index contributed by atoms with van der Waals surface area (Å²) in [7, 11) is 0. The van der Waals surface area contributed by atoms with Gasteiger partial charge in [-0.3, -0.25) is 9.59 Å². The smallest absolute Gasteiger partial charge is 0.159 e. The number of carbonyl (C=O) groups excluding carboxylic acids is 2. The molecule has 2 nitrogen and oxygen atoms in total. The molecule has 0 aromatic heterocycles. The third-order valence-electron chi connectivity index (χ3n) is 3.00. The molecular weight excluding hydrogens is 200 g/mol. The van der Waals surface area contributed by atoms with Crippen molar-refractivity contribution in [3.8, 4) is 0 Å². The zero-order valence-electron chi connectivity index (χ0n) is 10.3. The molecule has 0 heterocycles. The van der Waals surface area contributed by atoms with Crippen LogP contribution in [0.4, 0.5) is 0 Å². The van der Waals surface area contributed by atoms with Gasteiger partial charge in [0.05, 0.1) is 0 Å². The summed E-state index contributed by atoms with van der Waals surface area (Å²) in [6.45, 7) is 7.87. The molecule has 1 aliphatic carbocycles. The molecule has 0 aliphatic heterocycles. The van der Waals surface area contributed by atoms with Crippen molar-refractivity contribution in [3.63, 3.8) is 0 Å². The number of hydrogen-bond donors (Lipinski definition) is 0. The van der Waals surface area contributed by atoms with Gasteiger partial charge >= 0.3 is 0 Å². The van der Waals surface area contributed by atoms with Gasteiger partial charge in [0.2, 0.25) is 0 Å². The Kier molecular flexibility index (Phi) is 3.63. The van der Waals surface area contributed by atoms with E-state index < -0.39 is 0 Å². The fraction of sp³-hybridized carbons (Fsp3) is 0.429. The largest absolute Gasteiger partial charge is 0.299 e. The Hall–Kier alpha value is -1.44. The van der Waals surface area contributed by atoms with E-state index in [2.05, 4.69) is 13.8 Å². The summed E-state index contributed by atoms with van der Waals surface area (Å²) in [4.78, 5) is 21.9. The monoisotopic (exact) mass is 218 g/mol. The fourth-order valence-corrected chi connectivity index (χ4v) is 2.02. The molecule has 0 unspecified atom stereocenters. The van der Waals surface area contributed by atoms with E-state index >= 15 is 0 Å². The van der Waals surface area contributed by atoms with Crippen LogP contribution in [0.25, 0.3) is 0 Å². The summed E-state index contributed by atoms with van der Waals surface area (Å²) < 4.78 is 0. The third kappa shape index (κ3) is 2.57. The lowest BCUT2D eigenvalue weighted by Crippen LogP contribution is -2.09. The lowest BCUT2D eigenvalue weighted by molar-refractivity contribution is -0.115. The molecule has 0 amide bonds. The van der Waals surface area contributed by atoms with Crippen LogP contribution in [-0.4, -0.2) is 12.1 Å². The van der Waals surface area contributed by atoms with Crippen molar-refractivity contribution in [3.05, 3.63) is 34.9 Å². The van der Waals surface area contributed by atoms with Crippen LogP contribution < -0.4 is 0 Å². The third-order valence-corrected chi connectivity index (χ3v) is 3.00. The normalized spacial score (nSPS) is 21.0. The highest BCUT2D eigenvalue weighted by Crippen LogP contribution is 2.40. The van der Waals surface area contributed by atoms with Gasteiger partial charge in [-0.1, -0.05) is 26.0 Å². The Bertz CT molecular complexity index is 406. The lowest BCUT2D eigenvalue weighted by atomic mass is 9.85. The standard InChI is InChI=1S/C14H18O2/c1-10(7-8-15)5-6-12-11(2)13(16)9-14(12,3)4/h5-8H,9H2,1-4H3/b6-5+,10-7+. The van der Waals surface area contributed by atoms with Crippen molar-refractivity contribution in [2.75, 3.05) is 0 Å². The molecule has 1 rings (SSSR count). The molecule has 0 spiro atoms. The van der Waals surface area contributed by atoms with Crippen LogP contribution in [-0.2, 0) is 9.59 Å². The summed E-state index contributed by atoms with van der Waals surface area (Å²) in [6, 6.07) is 0. The van der Waals surface area contributed by atoms with E-state index in [-0.39, 0.29) is 11.2 Å². The molecule has 0 fully saturated rings. The second kappa shape index (κ2) is 4.60. The molecular formula is C14H18O2. The van der Waals surface area contributed by atoms with Gasteiger partial charge in [0.25, 0.3) is 0 Å². The SMILES string of the molecule is CC1=C(/C=C/C(C)=C/C=O)C(C)(C)CC1=O. The number of Topliss-reactive ketones (excluding diaryl/α,β-unsaturated/α-hetero) is 1. The van der Waals surface area contributed by atoms with Gasteiger partial charge in [-0.25, -0.2) is 0 Å². The van der Waals surface area contributed by atoms with Crippen molar-refractivity contribution in [1.29, 1.82) is 0 Å². The van der Waals surface area contributed by atoms with E-state index in [0.717, 1.165) is 23.0 Å². The molecule has 0 atom stereocenters. The van der Waals surface area contributed by atoms with Crippen LogP contribution in [0, 0.1) is 5.41 Å². The van der Waals surface area contributed by atoms with Crippen LogP contribution in [0.15, 0.2) is 34.9 Å². The van der Waals surface area contributed by atoms with Crippen LogP contribution in [0.1, 0.15) is 34.1 Å². The maximum atomic E-state index is 11.6. The Morgan fingerprint density at radius 2 is 2.00 bits per heavy atom. The summed E-state index contributed by atoms with van der Waals surface area (Å²) in [5.41, 5.74) is 2.74. The molecule has 0 aromatic rings. The minimum Gasteiger partial charge on any atom is -0.299 e. The van der Waals surface area contributed by atoms with Gasteiger partial charge in [0.1, 0.15) is 6.29 Å². The molecule has 0 aromatic carbocycles. The summed E-state index contributed by atoms with van der Waals surface area (Å²) in [5, 5.41) is 0. The Balaban J connectivity index is 3.00. The highest BCUT2D eigenvalue weighted by Gasteiger charge is 2.34. The zero-order valence-corrected chi connectivity index (χ0v) is 10.3. The van der Waals surface area contributed by atoms with Crippen LogP contribution >= 0.6 is 0 Å². The average Bonchev–Trinajstić information content (AvgIpc) is 2.34. The van der Waals surface area contributed by atoms with Gasteiger partial charge in [-0.2, -0.15) is 0 Å². The van der Waals surface area contributed by atoms with Crippen molar-refractivity contribution in [1.82, 2.24) is 0 Å². The molecule has 0 bridgehead atoms. The molecule has 0 saturated carbocycles. The Labute approximate surface area is 96.7 Å². The maximum absolute atomic E-state index is 11.6. The van der Waals surface area contributed by atoms with Crippen molar-refractivity contribution >= 4 is 12.1 Å². The van der Waals surface area contributed by atoms with Gasteiger partial charge < -0.3 is 0 Å². The topological polar surface area (TPSA) is 34.1 Å². The van der Waals surface area contributed by atoms with Crippen molar-refractivity contribution < 1.29 is 9.59 Å². The number of hydrogen-bond acceptors (Lipinski definition) is 2. The first kappa shape index (κ1) is 12.6. The quantitative estimate of drug-likeness (QED) is 0.414. The first-order valence-electron chi connectivity index (χ1n) is 5.43. The molecule has 1 aliphatic rings. The van der Waals surface area contributed by atoms with E-state index in [0.29, 0.717) is 6.42 Å². The highest BCUT2D eigenvalue weighted by molar-refractivity contribution is 6.00. The number of allylic oxidation sites excluding steroid dienone is 6. The highest BCUT2D eigenvalue weighted by atomic mass is 16.1. The average molecular weight is 218 g/mol. The Morgan fingerprint density at radius 3 is 2.44 bits per heavy atom. The molecule has 16 heavy (non-hydrogen) atoms. The molecule has 0 radical (unpaired) electrons. The second-order valence-electron chi connectivity index (χ2n) is 4.90. The minimum absolute atomic E-state index is 0.0842. The van der Waals surface area contributed by atoms with Gasteiger partial charge in [0.15, 0.2) is 5.78 Å². The minimum atomic E-state index is -0.0842. The first-order valence-corrected chi connectivity index (χ1v) is 5.43. The van der Waals surface area contributed by atoms with Crippen LogP contribution in [0.2, 0.25) is 0 Å². The number of carbonyl (C=O) groups is 2. The van der Waals surface area contributed by atoms with E-state index in [1.54, 1.807) is 0 Å².